The summed E-state index contributed by atoms with van der Waals surface area (Å²) >= 11 is 6.51. The summed E-state index contributed by atoms with van der Waals surface area (Å²) < 4.78 is 76.8. The highest BCUT2D eigenvalue weighted by molar-refractivity contribution is 7.91. The number of nitrogens with zero attached hydrogens (tertiary/aromatic N) is 5. The van der Waals surface area contributed by atoms with E-state index in [9.17, 15) is 26.9 Å². The quantitative estimate of drug-likeness (QED) is 0.381. The van der Waals surface area contributed by atoms with E-state index in [2.05, 4.69) is 20.8 Å². The number of rotatable bonds is 9. The molecule has 10 nitrogen and oxygen atoms in total. The predicted octanol–water partition coefficient (Wildman–Crippen LogP) is 4.49. The lowest BCUT2D eigenvalue weighted by Crippen LogP contribution is -2.37. The van der Waals surface area contributed by atoms with Crippen molar-refractivity contribution in [2.45, 2.75) is 12.8 Å². The van der Waals surface area contributed by atoms with E-state index < -0.39 is 22.7 Å². The first-order valence-electron chi connectivity index (χ1n) is 11.8. The first kappa shape index (κ1) is 29.2. The summed E-state index contributed by atoms with van der Waals surface area (Å²) in [5.41, 5.74) is 1.31. The SMILES string of the molecule is CS(=O)(=O)Nc1nccc(COc2ccc(N(CC(F)(F)F)c3cc(Cl)c(N4CCOCC4)c(C#N)c3)cc2)n1. The molecular formula is C25H24ClF3N6O4S. The molecule has 0 saturated carbocycles. The molecule has 0 bridgehead atoms. The topological polar surface area (TPSA) is 121 Å². The average Bonchev–Trinajstić information content (AvgIpc) is 2.89. The molecule has 0 spiro atoms. The number of anilines is 4. The van der Waals surface area contributed by atoms with Gasteiger partial charge in [0.1, 0.15) is 25.0 Å². The number of aromatic nitrogens is 2. The smallest absolute Gasteiger partial charge is 0.406 e. The molecule has 2 heterocycles. The van der Waals surface area contributed by atoms with E-state index in [1.54, 1.807) is 0 Å². The van der Waals surface area contributed by atoms with E-state index in [0.717, 1.165) is 11.2 Å². The van der Waals surface area contributed by atoms with Gasteiger partial charge < -0.3 is 19.3 Å². The van der Waals surface area contributed by atoms with Crippen molar-refractivity contribution in [2.24, 2.45) is 0 Å². The van der Waals surface area contributed by atoms with Crippen LogP contribution in [0.15, 0.2) is 48.7 Å². The van der Waals surface area contributed by atoms with E-state index in [1.807, 2.05) is 4.90 Å². The molecule has 212 valence electrons. The van der Waals surface area contributed by atoms with Gasteiger partial charge in [0.05, 0.1) is 41.4 Å². The zero-order chi connectivity index (χ0) is 28.9. The molecule has 40 heavy (non-hydrogen) atoms. The predicted molar refractivity (Wildman–Crippen MR) is 144 cm³/mol. The minimum absolute atomic E-state index is 0.0449. The van der Waals surface area contributed by atoms with Crippen LogP contribution in [0.2, 0.25) is 5.02 Å². The van der Waals surface area contributed by atoms with Gasteiger partial charge in [-0.05, 0) is 42.5 Å². The Labute approximate surface area is 234 Å². The van der Waals surface area contributed by atoms with Crippen LogP contribution in [0.3, 0.4) is 0 Å². The fraction of sp³-hybridized carbons (Fsp3) is 0.320. The van der Waals surface area contributed by atoms with Gasteiger partial charge in [-0.25, -0.2) is 18.4 Å². The van der Waals surface area contributed by atoms with Crippen molar-refractivity contribution in [2.75, 3.05) is 53.6 Å². The number of nitriles is 1. The Bertz CT molecular complexity index is 1490. The molecule has 3 aromatic rings. The van der Waals surface area contributed by atoms with Crippen LogP contribution in [0.5, 0.6) is 5.75 Å². The third kappa shape index (κ3) is 7.87. The van der Waals surface area contributed by atoms with Crippen LogP contribution in [0, 0.1) is 11.3 Å². The number of benzene rings is 2. The third-order valence-electron chi connectivity index (χ3n) is 5.67. The largest absolute Gasteiger partial charge is 0.487 e. The summed E-state index contributed by atoms with van der Waals surface area (Å²) in [5.74, 6) is 0.224. The normalized spacial score (nSPS) is 13.9. The number of nitrogens with one attached hydrogen (secondary N) is 1. The molecule has 0 unspecified atom stereocenters. The average molecular weight is 597 g/mol. The number of ether oxygens (including phenoxy) is 2. The van der Waals surface area contributed by atoms with Gasteiger partial charge in [-0.2, -0.15) is 18.4 Å². The maximum atomic E-state index is 13.6. The first-order valence-corrected chi connectivity index (χ1v) is 14.1. The summed E-state index contributed by atoms with van der Waals surface area (Å²) in [6, 6.07) is 12.3. The third-order valence-corrected chi connectivity index (χ3v) is 6.51. The van der Waals surface area contributed by atoms with Crippen molar-refractivity contribution in [1.82, 2.24) is 9.97 Å². The first-order chi connectivity index (χ1) is 18.9. The van der Waals surface area contributed by atoms with E-state index in [1.165, 1.54) is 48.7 Å². The Morgan fingerprint density at radius 3 is 2.50 bits per heavy atom. The monoisotopic (exact) mass is 596 g/mol. The lowest BCUT2D eigenvalue weighted by molar-refractivity contribution is -0.118. The van der Waals surface area contributed by atoms with Crippen molar-refractivity contribution < 1.29 is 31.1 Å². The lowest BCUT2D eigenvalue weighted by atomic mass is 10.1. The van der Waals surface area contributed by atoms with Gasteiger partial charge in [-0.3, -0.25) is 4.72 Å². The fourth-order valence-corrected chi connectivity index (χ4v) is 4.78. The maximum Gasteiger partial charge on any atom is 0.406 e. The number of hydrogen-bond acceptors (Lipinski definition) is 9. The van der Waals surface area contributed by atoms with Gasteiger partial charge in [0.25, 0.3) is 0 Å². The molecule has 1 N–H and O–H groups in total. The lowest BCUT2D eigenvalue weighted by Gasteiger charge is -2.32. The second-order valence-corrected chi connectivity index (χ2v) is 10.9. The molecule has 1 fully saturated rings. The molecular weight excluding hydrogens is 573 g/mol. The van der Waals surface area contributed by atoms with Crippen molar-refractivity contribution >= 4 is 44.6 Å². The number of halogens is 4. The van der Waals surface area contributed by atoms with Crippen LogP contribution in [0.1, 0.15) is 11.3 Å². The summed E-state index contributed by atoms with van der Waals surface area (Å²) in [6.45, 7) is 0.554. The highest BCUT2D eigenvalue weighted by Crippen LogP contribution is 2.38. The molecule has 2 aromatic carbocycles. The molecule has 0 radical (unpaired) electrons. The Balaban J connectivity index is 1.56. The van der Waals surface area contributed by atoms with Crippen LogP contribution in [-0.2, 0) is 21.4 Å². The Hall–Kier alpha value is -3.80. The second kappa shape index (κ2) is 12.2. The molecule has 1 saturated heterocycles. The molecule has 1 aromatic heterocycles. The van der Waals surface area contributed by atoms with Gasteiger partial charge in [-0.1, -0.05) is 11.6 Å². The molecule has 1 aliphatic heterocycles. The molecule has 15 heteroatoms. The Kier molecular flexibility index (Phi) is 8.87. The summed E-state index contributed by atoms with van der Waals surface area (Å²) in [7, 11) is -3.56. The van der Waals surface area contributed by atoms with Crippen molar-refractivity contribution in [3.8, 4) is 11.8 Å². The molecule has 4 rings (SSSR count). The van der Waals surface area contributed by atoms with Crippen molar-refractivity contribution in [1.29, 1.82) is 5.26 Å². The second-order valence-electron chi connectivity index (χ2n) is 8.76. The molecule has 0 aliphatic carbocycles. The van der Waals surface area contributed by atoms with Crippen LogP contribution >= 0.6 is 11.6 Å². The zero-order valence-electron chi connectivity index (χ0n) is 21.2. The fourth-order valence-electron chi connectivity index (χ4n) is 4.02. The van der Waals surface area contributed by atoms with Gasteiger partial charge in [-0.15, -0.1) is 0 Å². The van der Waals surface area contributed by atoms with Crippen LogP contribution in [0.25, 0.3) is 0 Å². The zero-order valence-corrected chi connectivity index (χ0v) is 22.7. The van der Waals surface area contributed by atoms with Crippen LogP contribution in [0.4, 0.5) is 36.2 Å². The van der Waals surface area contributed by atoms with E-state index in [-0.39, 0.29) is 34.5 Å². The van der Waals surface area contributed by atoms with Gasteiger partial charge in [0.2, 0.25) is 16.0 Å². The van der Waals surface area contributed by atoms with Crippen LogP contribution in [-0.4, -0.2) is 63.7 Å². The number of alkyl halides is 3. The Morgan fingerprint density at radius 1 is 1.18 bits per heavy atom. The standard InChI is InChI=1S/C25H24ClF3N6O4S/c1-40(36,37)33-24-31-7-6-18(32-24)15-39-21-4-2-19(3-5-21)35(16-25(27,28)29)20-12-17(14-30)23(22(26)13-20)34-8-10-38-11-9-34/h2-7,12-13H,8-11,15-16H2,1H3,(H,31,32,33). The molecule has 0 amide bonds. The van der Waals surface area contributed by atoms with Crippen LogP contribution < -0.4 is 19.3 Å². The number of sulfonamides is 1. The number of morpholine rings is 1. The Morgan fingerprint density at radius 2 is 1.88 bits per heavy atom. The van der Waals surface area contributed by atoms with Gasteiger partial charge in [0, 0.05) is 30.7 Å². The number of hydrogen-bond donors (Lipinski definition) is 1. The van der Waals surface area contributed by atoms with Gasteiger partial charge in [0.15, 0.2) is 0 Å². The molecule has 1 aliphatic rings. The van der Waals surface area contributed by atoms with E-state index in [0.29, 0.717) is 43.4 Å². The molecule has 0 atom stereocenters. The van der Waals surface area contributed by atoms with E-state index in [4.69, 9.17) is 21.1 Å². The maximum absolute atomic E-state index is 13.6. The summed E-state index contributed by atoms with van der Waals surface area (Å²) in [5, 5.41) is 9.94. The highest BCUT2D eigenvalue weighted by Gasteiger charge is 2.32. The van der Waals surface area contributed by atoms with Crippen molar-refractivity contribution in [3.05, 3.63) is 64.9 Å². The van der Waals surface area contributed by atoms with Gasteiger partial charge >= 0.3 is 6.18 Å². The summed E-state index contributed by atoms with van der Waals surface area (Å²) in [6.07, 6.45) is -2.22. The van der Waals surface area contributed by atoms with E-state index >= 15 is 0 Å². The minimum Gasteiger partial charge on any atom is -0.487 e. The summed E-state index contributed by atoms with van der Waals surface area (Å²) in [4.78, 5) is 10.8. The minimum atomic E-state index is -4.55. The highest BCUT2D eigenvalue weighted by atomic mass is 35.5. The van der Waals surface area contributed by atoms with Crippen molar-refractivity contribution in [3.63, 3.8) is 0 Å².